The second kappa shape index (κ2) is 4.26. The van der Waals surface area contributed by atoms with Gasteiger partial charge in [0.1, 0.15) is 0 Å². The van der Waals surface area contributed by atoms with Gasteiger partial charge in [0.2, 0.25) is 0 Å². The lowest BCUT2D eigenvalue weighted by atomic mass is 10.2. The fourth-order valence-corrected chi connectivity index (χ4v) is 2.78. The first-order valence-corrected chi connectivity index (χ1v) is 6.63. The molecule has 3 rings (SSSR count). The fourth-order valence-electron chi connectivity index (χ4n) is 2.08. The largest absolute Gasteiger partial charge is 0.399 e. The lowest BCUT2D eigenvalue weighted by molar-refractivity contribution is 0.724. The Morgan fingerprint density at radius 2 is 2.12 bits per heavy atom. The summed E-state index contributed by atoms with van der Waals surface area (Å²) in [4.78, 5) is 0. The van der Waals surface area contributed by atoms with E-state index in [-0.39, 0.29) is 0 Å². The number of aryl methyl sites for hydroxylation is 2. The van der Waals surface area contributed by atoms with Crippen molar-refractivity contribution in [1.82, 2.24) is 4.57 Å². The summed E-state index contributed by atoms with van der Waals surface area (Å²) in [6, 6.07) is 10.4. The Kier molecular flexibility index (Phi) is 2.61. The van der Waals surface area contributed by atoms with Gasteiger partial charge in [-0.3, -0.25) is 0 Å². The van der Waals surface area contributed by atoms with Crippen LogP contribution in [0, 0.1) is 0 Å². The molecule has 0 saturated carbocycles. The summed E-state index contributed by atoms with van der Waals surface area (Å²) in [6.07, 6.45) is 3.21. The number of aromatic nitrogens is 1. The monoisotopic (exact) mass is 242 g/mol. The van der Waals surface area contributed by atoms with Crippen LogP contribution >= 0.6 is 11.3 Å². The summed E-state index contributed by atoms with van der Waals surface area (Å²) >= 11 is 1.75. The summed E-state index contributed by atoms with van der Waals surface area (Å²) in [5.41, 5.74) is 9.28. The zero-order chi connectivity index (χ0) is 11.7. The van der Waals surface area contributed by atoms with Crippen LogP contribution in [0.5, 0.6) is 0 Å². The van der Waals surface area contributed by atoms with E-state index in [1.165, 1.54) is 16.5 Å². The average molecular weight is 242 g/mol. The zero-order valence-electron chi connectivity index (χ0n) is 9.47. The maximum absolute atomic E-state index is 5.83. The van der Waals surface area contributed by atoms with Crippen LogP contribution in [0.1, 0.15) is 5.56 Å². The molecule has 86 valence electrons. The molecule has 0 fully saturated rings. The molecule has 2 nitrogen and oxygen atoms in total. The fraction of sp³-hybridized carbons (Fsp3) is 0.143. The number of fused-ring (bicyclic) bond motifs is 1. The van der Waals surface area contributed by atoms with Crippen molar-refractivity contribution in [2.24, 2.45) is 0 Å². The number of nitrogens with two attached hydrogens (primary N) is 1. The first-order valence-electron chi connectivity index (χ1n) is 5.68. The first-order chi connectivity index (χ1) is 8.33. The highest BCUT2D eigenvalue weighted by atomic mass is 32.1. The van der Waals surface area contributed by atoms with Gasteiger partial charge in [0.05, 0.1) is 5.52 Å². The Bertz CT molecular complexity index is 623. The molecule has 3 heteroatoms. The van der Waals surface area contributed by atoms with Crippen LogP contribution < -0.4 is 5.73 Å². The molecule has 0 aliphatic heterocycles. The highest BCUT2D eigenvalue weighted by molar-refractivity contribution is 7.07. The van der Waals surface area contributed by atoms with E-state index in [1.807, 2.05) is 12.1 Å². The topological polar surface area (TPSA) is 30.9 Å². The van der Waals surface area contributed by atoms with Gasteiger partial charge in [-0.15, -0.1) is 0 Å². The molecule has 0 atom stereocenters. The molecule has 2 N–H and O–H groups in total. The van der Waals surface area contributed by atoms with Crippen LogP contribution in [0.15, 0.2) is 47.3 Å². The van der Waals surface area contributed by atoms with Gasteiger partial charge < -0.3 is 10.3 Å². The van der Waals surface area contributed by atoms with E-state index < -0.39 is 0 Å². The number of anilines is 1. The number of thiophene rings is 1. The van der Waals surface area contributed by atoms with Crippen molar-refractivity contribution < 1.29 is 0 Å². The van der Waals surface area contributed by atoms with E-state index in [4.69, 9.17) is 5.73 Å². The average Bonchev–Trinajstić information content (AvgIpc) is 2.94. The van der Waals surface area contributed by atoms with Gasteiger partial charge in [-0.25, -0.2) is 0 Å². The Morgan fingerprint density at radius 1 is 1.18 bits per heavy atom. The standard InChI is InChI=1S/C14H14N2S/c15-13-2-1-12-4-7-16(14(12)9-13)6-3-11-5-8-17-10-11/h1-2,4-5,7-10H,3,6,15H2. The molecule has 2 heterocycles. The molecule has 1 aromatic carbocycles. The summed E-state index contributed by atoms with van der Waals surface area (Å²) in [6.45, 7) is 1.00. The van der Waals surface area contributed by atoms with E-state index in [0.717, 1.165) is 18.7 Å². The minimum Gasteiger partial charge on any atom is -0.399 e. The first kappa shape index (κ1) is 10.4. The minimum atomic E-state index is 0.827. The number of nitrogens with zero attached hydrogens (tertiary/aromatic N) is 1. The van der Waals surface area contributed by atoms with E-state index >= 15 is 0 Å². The predicted octanol–water partition coefficient (Wildman–Crippen LogP) is 3.53. The molecular weight excluding hydrogens is 228 g/mol. The summed E-state index contributed by atoms with van der Waals surface area (Å²) in [5, 5.41) is 5.59. The molecule has 17 heavy (non-hydrogen) atoms. The zero-order valence-corrected chi connectivity index (χ0v) is 10.3. The van der Waals surface area contributed by atoms with Gasteiger partial charge in [-0.2, -0.15) is 11.3 Å². The van der Waals surface area contributed by atoms with Crippen molar-refractivity contribution >= 4 is 27.9 Å². The van der Waals surface area contributed by atoms with Gasteiger partial charge in [-0.05, 0) is 52.4 Å². The third kappa shape index (κ3) is 2.06. The van der Waals surface area contributed by atoms with Gasteiger partial charge in [0.25, 0.3) is 0 Å². The van der Waals surface area contributed by atoms with E-state index in [1.54, 1.807) is 11.3 Å². The molecule has 0 saturated heterocycles. The third-order valence-electron chi connectivity index (χ3n) is 3.02. The summed E-state index contributed by atoms with van der Waals surface area (Å²) in [7, 11) is 0. The molecule has 0 unspecified atom stereocenters. The Hall–Kier alpha value is -1.74. The van der Waals surface area contributed by atoms with Crippen molar-refractivity contribution in [2.75, 3.05) is 5.73 Å². The predicted molar refractivity (Wildman–Crippen MR) is 74.4 cm³/mol. The number of rotatable bonds is 3. The van der Waals surface area contributed by atoms with Crippen LogP contribution in [-0.4, -0.2) is 4.57 Å². The third-order valence-corrected chi connectivity index (χ3v) is 3.75. The Labute approximate surface area is 104 Å². The lowest BCUT2D eigenvalue weighted by Crippen LogP contribution is -1.99. The number of hydrogen-bond acceptors (Lipinski definition) is 2. The number of hydrogen-bond donors (Lipinski definition) is 1. The Morgan fingerprint density at radius 3 is 2.94 bits per heavy atom. The van der Waals surface area contributed by atoms with Crippen LogP contribution in [-0.2, 0) is 13.0 Å². The highest BCUT2D eigenvalue weighted by Gasteiger charge is 2.01. The van der Waals surface area contributed by atoms with Gasteiger partial charge >= 0.3 is 0 Å². The van der Waals surface area contributed by atoms with Crippen molar-refractivity contribution in [2.45, 2.75) is 13.0 Å². The van der Waals surface area contributed by atoms with Gasteiger partial charge in [0, 0.05) is 18.4 Å². The second-order valence-electron chi connectivity index (χ2n) is 4.21. The number of nitrogen functional groups attached to an aromatic ring is 1. The molecule has 0 bridgehead atoms. The molecule has 0 radical (unpaired) electrons. The van der Waals surface area contributed by atoms with Crippen LogP contribution in [0.4, 0.5) is 5.69 Å². The maximum atomic E-state index is 5.83. The minimum absolute atomic E-state index is 0.827. The van der Waals surface area contributed by atoms with E-state index in [2.05, 4.69) is 39.7 Å². The molecule has 0 amide bonds. The van der Waals surface area contributed by atoms with E-state index in [9.17, 15) is 0 Å². The van der Waals surface area contributed by atoms with Crippen LogP contribution in [0.25, 0.3) is 10.9 Å². The smallest absolute Gasteiger partial charge is 0.0501 e. The molecule has 0 aliphatic rings. The van der Waals surface area contributed by atoms with Crippen molar-refractivity contribution in [1.29, 1.82) is 0 Å². The molecule has 2 aromatic heterocycles. The number of benzene rings is 1. The SMILES string of the molecule is Nc1ccc2ccn(CCc3ccsc3)c2c1. The molecule has 3 aromatic rings. The molecule has 0 aliphatic carbocycles. The van der Waals surface area contributed by atoms with E-state index in [0.29, 0.717) is 0 Å². The van der Waals surface area contributed by atoms with Crippen molar-refractivity contribution in [3.8, 4) is 0 Å². The summed E-state index contributed by atoms with van der Waals surface area (Å²) < 4.78 is 2.27. The molecule has 0 spiro atoms. The normalized spacial score (nSPS) is 11.1. The Balaban J connectivity index is 1.87. The second-order valence-corrected chi connectivity index (χ2v) is 4.99. The highest BCUT2D eigenvalue weighted by Crippen LogP contribution is 2.19. The van der Waals surface area contributed by atoms with Gasteiger partial charge in [-0.1, -0.05) is 6.07 Å². The maximum Gasteiger partial charge on any atom is 0.0501 e. The van der Waals surface area contributed by atoms with Gasteiger partial charge in [0.15, 0.2) is 0 Å². The summed E-state index contributed by atoms with van der Waals surface area (Å²) in [5.74, 6) is 0. The molecular formula is C14H14N2S. The van der Waals surface area contributed by atoms with Crippen LogP contribution in [0.3, 0.4) is 0 Å². The van der Waals surface area contributed by atoms with Crippen molar-refractivity contribution in [3.63, 3.8) is 0 Å². The quantitative estimate of drug-likeness (QED) is 0.700. The lowest BCUT2D eigenvalue weighted by Gasteiger charge is -2.05. The van der Waals surface area contributed by atoms with Crippen LogP contribution in [0.2, 0.25) is 0 Å². The van der Waals surface area contributed by atoms with Crippen molar-refractivity contribution in [3.05, 3.63) is 52.9 Å².